The van der Waals surface area contributed by atoms with Crippen molar-refractivity contribution in [2.75, 3.05) is 20.2 Å². The number of fused-ring (bicyclic) bond motifs is 1. The summed E-state index contributed by atoms with van der Waals surface area (Å²) in [5, 5.41) is 16.1. The molecule has 41 heavy (non-hydrogen) atoms. The average Bonchev–Trinajstić information content (AvgIpc) is 3.45. The van der Waals surface area contributed by atoms with Crippen LogP contribution in [0.3, 0.4) is 0 Å². The van der Waals surface area contributed by atoms with Crippen molar-refractivity contribution in [2.24, 2.45) is 5.92 Å². The van der Waals surface area contributed by atoms with Gasteiger partial charge in [-0.1, -0.05) is 18.2 Å². The lowest BCUT2D eigenvalue weighted by Gasteiger charge is -2.40. The number of piperidine rings is 1. The number of methoxy groups -OCH3 is 1. The van der Waals surface area contributed by atoms with Crippen LogP contribution in [-0.2, 0) is 11.3 Å². The molecule has 2 fully saturated rings. The second-order valence-electron chi connectivity index (χ2n) is 11.0. The van der Waals surface area contributed by atoms with Crippen molar-refractivity contribution in [1.29, 1.82) is 0 Å². The van der Waals surface area contributed by atoms with Crippen LogP contribution in [0.1, 0.15) is 38.5 Å². The van der Waals surface area contributed by atoms with Gasteiger partial charge in [-0.05, 0) is 56.7 Å². The lowest BCUT2D eigenvalue weighted by atomic mass is 9.85. The molecule has 1 N–H and O–H groups in total. The molecule has 11 nitrogen and oxygen atoms in total. The SMILES string of the molecule is COc1ccc(O[C@H]2CC[C@H](C(=O)N3CCC(O)(Cn4cnc5c(cnn5-c5ccccc5)c4=O)CC3)CC2)nc1. The van der Waals surface area contributed by atoms with Gasteiger partial charge in [0, 0.05) is 25.1 Å². The molecule has 4 heterocycles. The number of likely N-dealkylation sites (tertiary alicyclic amines) is 1. The van der Waals surface area contributed by atoms with Crippen LogP contribution < -0.4 is 15.0 Å². The average molecular weight is 559 g/mol. The van der Waals surface area contributed by atoms with Gasteiger partial charge >= 0.3 is 0 Å². The van der Waals surface area contributed by atoms with Gasteiger partial charge in [0.05, 0.1) is 37.3 Å². The molecule has 1 aromatic carbocycles. The normalized spacial score (nSPS) is 20.6. The number of carbonyl (C=O) groups is 1. The number of rotatable bonds is 7. The molecule has 0 bridgehead atoms. The predicted molar refractivity (Wildman–Crippen MR) is 151 cm³/mol. The number of pyridine rings is 1. The number of aliphatic hydroxyl groups is 1. The van der Waals surface area contributed by atoms with Crippen LogP contribution in [0.5, 0.6) is 11.6 Å². The monoisotopic (exact) mass is 558 g/mol. The number of hydrogen-bond acceptors (Lipinski definition) is 8. The molecule has 1 saturated heterocycles. The summed E-state index contributed by atoms with van der Waals surface area (Å²) in [5.41, 5.74) is -0.0429. The summed E-state index contributed by atoms with van der Waals surface area (Å²) in [6.45, 7) is 1.03. The Kier molecular flexibility index (Phi) is 7.44. The Labute approximate surface area is 237 Å². The van der Waals surface area contributed by atoms with E-state index in [9.17, 15) is 14.7 Å². The molecular formula is C30H34N6O5. The van der Waals surface area contributed by atoms with Gasteiger partial charge in [0.25, 0.3) is 5.56 Å². The van der Waals surface area contributed by atoms with Gasteiger partial charge in [-0.2, -0.15) is 5.10 Å². The van der Waals surface area contributed by atoms with Crippen molar-refractivity contribution in [2.45, 2.75) is 56.8 Å². The standard InChI is InChI=1S/C30H34N6O5/c1-40-24-11-12-26(31-17-24)41-23-9-7-21(8-10-23)28(37)34-15-13-30(39,14-16-34)19-35-20-32-27-25(29(35)38)18-33-36(27)22-5-3-2-4-6-22/h2-6,11-12,17-18,20-21,23,39H,7-10,13-16,19H2,1H3/t21-,23-. The highest BCUT2D eigenvalue weighted by atomic mass is 16.5. The maximum Gasteiger partial charge on any atom is 0.264 e. The van der Waals surface area contributed by atoms with Gasteiger partial charge in [0.1, 0.15) is 23.6 Å². The summed E-state index contributed by atoms with van der Waals surface area (Å²) in [6, 6.07) is 13.1. The topological polar surface area (TPSA) is 125 Å². The fraction of sp³-hybridized carbons (Fsp3) is 0.433. The van der Waals surface area contributed by atoms with E-state index in [1.807, 2.05) is 41.3 Å². The Morgan fingerprint density at radius 3 is 2.46 bits per heavy atom. The van der Waals surface area contributed by atoms with E-state index in [-0.39, 0.29) is 30.0 Å². The van der Waals surface area contributed by atoms with E-state index in [2.05, 4.69) is 15.1 Å². The second kappa shape index (κ2) is 11.3. The summed E-state index contributed by atoms with van der Waals surface area (Å²) in [4.78, 5) is 37.1. The van der Waals surface area contributed by atoms with Crippen LogP contribution in [0.2, 0.25) is 0 Å². The maximum atomic E-state index is 13.3. The van der Waals surface area contributed by atoms with Crippen molar-refractivity contribution in [3.8, 4) is 17.3 Å². The molecule has 0 unspecified atom stereocenters. The first kappa shape index (κ1) is 26.9. The number of para-hydroxylation sites is 1. The first-order valence-corrected chi connectivity index (χ1v) is 14.1. The summed E-state index contributed by atoms with van der Waals surface area (Å²) < 4.78 is 14.2. The summed E-state index contributed by atoms with van der Waals surface area (Å²) >= 11 is 0. The van der Waals surface area contributed by atoms with Gasteiger partial charge in [0.2, 0.25) is 11.8 Å². The number of carbonyl (C=O) groups excluding carboxylic acids is 1. The van der Waals surface area contributed by atoms with E-state index in [0.29, 0.717) is 48.6 Å². The molecule has 1 aliphatic heterocycles. The molecule has 0 atom stereocenters. The quantitative estimate of drug-likeness (QED) is 0.367. The third-order valence-electron chi connectivity index (χ3n) is 8.28. The molecule has 0 radical (unpaired) electrons. The zero-order chi connectivity index (χ0) is 28.4. The number of nitrogens with zero attached hydrogens (tertiary/aromatic N) is 6. The van der Waals surface area contributed by atoms with E-state index in [1.54, 1.807) is 24.1 Å². The minimum Gasteiger partial charge on any atom is -0.495 e. The molecular weight excluding hydrogens is 524 g/mol. The summed E-state index contributed by atoms with van der Waals surface area (Å²) in [7, 11) is 1.60. The van der Waals surface area contributed by atoms with Crippen LogP contribution in [-0.4, -0.2) is 72.1 Å². The fourth-order valence-corrected chi connectivity index (χ4v) is 5.85. The first-order chi connectivity index (χ1) is 19.9. The molecule has 0 spiro atoms. The fourth-order valence-electron chi connectivity index (χ4n) is 5.85. The summed E-state index contributed by atoms with van der Waals surface area (Å²) in [6.07, 6.45) is 8.57. The Morgan fingerprint density at radius 1 is 1.02 bits per heavy atom. The Balaban J connectivity index is 1.03. The van der Waals surface area contributed by atoms with Crippen LogP contribution in [0.15, 0.2) is 66.0 Å². The number of benzene rings is 1. The van der Waals surface area contributed by atoms with Crippen LogP contribution >= 0.6 is 0 Å². The number of amides is 1. The highest BCUT2D eigenvalue weighted by molar-refractivity contribution is 5.79. The van der Waals surface area contributed by atoms with Gasteiger partial charge in [-0.3, -0.25) is 14.2 Å². The molecule has 3 aromatic heterocycles. The van der Waals surface area contributed by atoms with Crippen molar-refractivity contribution >= 4 is 16.9 Å². The zero-order valence-electron chi connectivity index (χ0n) is 23.1. The van der Waals surface area contributed by atoms with E-state index in [0.717, 1.165) is 31.4 Å². The Hall–Kier alpha value is -4.25. The largest absolute Gasteiger partial charge is 0.495 e. The molecule has 1 saturated carbocycles. The second-order valence-corrected chi connectivity index (χ2v) is 11.0. The van der Waals surface area contributed by atoms with Crippen LogP contribution in [0, 0.1) is 5.92 Å². The van der Waals surface area contributed by atoms with Gasteiger partial charge in [0.15, 0.2) is 5.65 Å². The minimum absolute atomic E-state index is 0.0375. The van der Waals surface area contributed by atoms with Crippen molar-refractivity contribution in [1.82, 2.24) is 29.2 Å². The molecule has 11 heteroatoms. The number of aromatic nitrogens is 5. The zero-order valence-corrected chi connectivity index (χ0v) is 23.1. The van der Waals surface area contributed by atoms with Crippen molar-refractivity contribution in [3.05, 3.63) is 71.5 Å². The van der Waals surface area contributed by atoms with E-state index >= 15 is 0 Å². The van der Waals surface area contributed by atoms with E-state index < -0.39 is 5.60 Å². The van der Waals surface area contributed by atoms with Crippen molar-refractivity contribution < 1.29 is 19.4 Å². The van der Waals surface area contributed by atoms with Gasteiger partial charge in [-0.15, -0.1) is 0 Å². The Morgan fingerprint density at radius 2 is 1.78 bits per heavy atom. The lowest BCUT2D eigenvalue weighted by molar-refractivity contribution is -0.141. The highest BCUT2D eigenvalue weighted by Crippen LogP contribution is 2.31. The van der Waals surface area contributed by atoms with Crippen molar-refractivity contribution in [3.63, 3.8) is 0 Å². The summed E-state index contributed by atoms with van der Waals surface area (Å²) in [5.74, 6) is 1.34. The minimum atomic E-state index is -1.09. The third-order valence-corrected chi connectivity index (χ3v) is 8.28. The predicted octanol–water partition coefficient (Wildman–Crippen LogP) is 2.98. The van der Waals surface area contributed by atoms with Gasteiger partial charge < -0.3 is 19.5 Å². The molecule has 214 valence electrons. The maximum absolute atomic E-state index is 13.3. The highest BCUT2D eigenvalue weighted by Gasteiger charge is 2.37. The van der Waals surface area contributed by atoms with E-state index in [4.69, 9.17) is 9.47 Å². The molecule has 1 aliphatic carbocycles. The third kappa shape index (κ3) is 5.67. The Bertz CT molecular complexity index is 1550. The van der Waals surface area contributed by atoms with E-state index in [1.165, 1.54) is 17.1 Å². The molecule has 6 rings (SSSR count). The molecule has 2 aliphatic rings. The molecule has 1 amide bonds. The first-order valence-electron chi connectivity index (χ1n) is 14.1. The van der Waals surface area contributed by atoms with Gasteiger partial charge in [-0.25, -0.2) is 14.6 Å². The number of ether oxygens (including phenoxy) is 2. The number of hydrogen-bond donors (Lipinski definition) is 1. The van der Waals surface area contributed by atoms with Crippen LogP contribution in [0.25, 0.3) is 16.7 Å². The smallest absolute Gasteiger partial charge is 0.264 e. The lowest BCUT2D eigenvalue weighted by Crippen LogP contribution is -2.51. The molecule has 4 aromatic rings. The van der Waals surface area contributed by atoms with Crippen LogP contribution in [0.4, 0.5) is 0 Å².